The third kappa shape index (κ3) is 6.03. The van der Waals surface area contributed by atoms with E-state index in [4.69, 9.17) is 21.1 Å². The van der Waals surface area contributed by atoms with Gasteiger partial charge in [0.05, 0.1) is 29.0 Å². The van der Waals surface area contributed by atoms with Crippen molar-refractivity contribution in [2.75, 3.05) is 12.0 Å². The van der Waals surface area contributed by atoms with E-state index in [2.05, 4.69) is 4.99 Å². The second-order valence-corrected chi connectivity index (χ2v) is 10.0. The molecule has 1 amide bonds. The van der Waals surface area contributed by atoms with E-state index in [9.17, 15) is 14.7 Å². The summed E-state index contributed by atoms with van der Waals surface area (Å²) in [5.41, 5.74) is 2.78. The molecule has 0 unspecified atom stereocenters. The van der Waals surface area contributed by atoms with Crippen molar-refractivity contribution in [3.05, 3.63) is 124 Å². The number of nitrogens with zero attached hydrogens (tertiary/aromatic N) is 2. The quantitative estimate of drug-likeness (QED) is 0.222. The molecule has 0 saturated carbocycles. The number of thioether (sulfide) groups is 1. The number of benzene rings is 4. The smallest absolute Gasteiger partial charge is 0.335 e. The largest absolute Gasteiger partial charge is 0.493 e. The van der Waals surface area contributed by atoms with Crippen molar-refractivity contribution in [3.63, 3.8) is 0 Å². The van der Waals surface area contributed by atoms with Crippen LogP contribution in [0.5, 0.6) is 11.5 Å². The molecule has 1 aliphatic rings. The zero-order chi connectivity index (χ0) is 28.1. The van der Waals surface area contributed by atoms with E-state index in [0.29, 0.717) is 38.0 Å². The molecule has 1 N–H and O–H groups in total. The number of aliphatic imine (C=N–C) groups is 1. The number of halogens is 1. The maximum atomic E-state index is 13.6. The number of hydrogen-bond acceptors (Lipinski definition) is 6. The molecule has 4 aromatic carbocycles. The maximum absolute atomic E-state index is 13.6. The third-order valence-corrected chi connectivity index (χ3v) is 7.30. The highest BCUT2D eigenvalue weighted by molar-refractivity contribution is 8.19. The van der Waals surface area contributed by atoms with E-state index in [0.717, 1.165) is 11.1 Å². The van der Waals surface area contributed by atoms with E-state index >= 15 is 0 Å². The Hall–Kier alpha value is -4.53. The average Bonchev–Trinajstić information content (AvgIpc) is 3.27. The molecule has 1 saturated heterocycles. The van der Waals surface area contributed by atoms with Crippen LogP contribution in [0, 0.1) is 0 Å². The second-order valence-electron chi connectivity index (χ2n) is 8.63. The molecule has 5 rings (SSSR count). The Bertz CT molecular complexity index is 1640. The topological polar surface area (TPSA) is 88.4 Å². The summed E-state index contributed by atoms with van der Waals surface area (Å²) >= 11 is 7.45. The summed E-state index contributed by atoms with van der Waals surface area (Å²) in [6.07, 6.45) is 1.76. The number of para-hydroxylation sites is 1. The Kier molecular flexibility index (Phi) is 8.19. The second kappa shape index (κ2) is 12.1. The SMILES string of the molecule is COc1cc(/C=C2\SC(=Nc3cccc(C(=O)O)c3)N(c3ccccc3)C2=O)ccc1OCc1ccccc1Cl. The fourth-order valence-corrected chi connectivity index (χ4v) is 5.18. The molecule has 200 valence electrons. The van der Waals surface area contributed by atoms with Crippen molar-refractivity contribution in [2.45, 2.75) is 6.61 Å². The van der Waals surface area contributed by atoms with Gasteiger partial charge in [-0.2, -0.15) is 0 Å². The molecule has 0 atom stereocenters. The Morgan fingerprint density at radius 1 is 0.975 bits per heavy atom. The summed E-state index contributed by atoms with van der Waals surface area (Å²) in [7, 11) is 1.55. The third-order valence-electron chi connectivity index (χ3n) is 5.97. The van der Waals surface area contributed by atoms with E-state index < -0.39 is 5.97 Å². The van der Waals surface area contributed by atoms with Gasteiger partial charge in [-0.05, 0) is 71.9 Å². The van der Waals surface area contributed by atoms with Crippen LogP contribution in [0.2, 0.25) is 5.02 Å². The molecule has 0 bridgehead atoms. The Morgan fingerprint density at radius 2 is 1.75 bits per heavy atom. The first kappa shape index (κ1) is 27.1. The lowest BCUT2D eigenvalue weighted by atomic mass is 10.1. The minimum atomic E-state index is -1.05. The number of anilines is 1. The van der Waals surface area contributed by atoms with Crippen molar-refractivity contribution >= 4 is 57.9 Å². The number of carboxylic acid groups (broad SMARTS) is 1. The molecule has 1 aliphatic heterocycles. The number of methoxy groups -OCH3 is 1. The Balaban J connectivity index is 1.45. The summed E-state index contributed by atoms with van der Waals surface area (Å²) in [4.78, 5) is 31.6. The molecular weight excluding hydrogens is 548 g/mol. The normalized spacial score (nSPS) is 15.1. The zero-order valence-electron chi connectivity index (χ0n) is 21.3. The molecule has 0 radical (unpaired) electrons. The number of rotatable bonds is 8. The lowest BCUT2D eigenvalue weighted by molar-refractivity contribution is -0.113. The Morgan fingerprint density at radius 3 is 2.50 bits per heavy atom. The van der Waals surface area contributed by atoms with Gasteiger partial charge in [0.15, 0.2) is 16.7 Å². The molecule has 4 aromatic rings. The number of amidine groups is 1. The van der Waals surface area contributed by atoms with Gasteiger partial charge >= 0.3 is 5.97 Å². The fraction of sp³-hybridized carbons (Fsp3) is 0.0645. The summed E-state index contributed by atoms with van der Waals surface area (Å²) in [6.45, 7) is 0.278. The monoisotopic (exact) mass is 570 g/mol. The summed E-state index contributed by atoms with van der Waals surface area (Å²) < 4.78 is 11.5. The fourth-order valence-electron chi connectivity index (χ4n) is 3.99. The minimum Gasteiger partial charge on any atom is -0.493 e. The molecule has 0 aliphatic carbocycles. The van der Waals surface area contributed by atoms with Gasteiger partial charge in [0, 0.05) is 10.6 Å². The Labute approximate surface area is 240 Å². The summed E-state index contributed by atoms with van der Waals surface area (Å²) in [6, 6.07) is 28.3. The molecule has 1 heterocycles. The van der Waals surface area contributed by atoms with Crippen LogP contribution in [-0.4, -0.2) is 29.3 Å². The van der Waals surface area contributed by atoms with Crippen LogP contribution in [-0.2, 0) is 11.4 Å². The first-order chi connectivity index (χ1) is 19.4. The first-order valence-corrected chi connectivity index (χ1v) is 13.4. The number of hydrogen-bond donors (Lipinski definition) is 1. The van der Waals surface area contributed by atoms with Gasteiger partial charge in [-0.25, -0.2) is 9.79 Å². The van der Waals surface area contributed by atoms with Gasteiger partial charge in [0.1, 0.15) is 6.61 Å². The van der Waals surface area contributed by atoms with E-state index in [1.165, 1.54) is 28.8 Å². The number of amides is 1. The van der Waals surface area contributed by atoms with Crippen LogP contribution in [0.3, 0.4) is 0 Å². The van der Waals surface area contributed by atoms with Gasteiger partial charge in [0.25, 0.3) is 5.91 Å². The van der Waals surface area contributed by atoms with Gasteiger partial charge in [-0.3, -0.25) is 9.69 Å². The molecule has 0 aromatic heterocycles. The lowest BCUT2D eigenvalue weighted by Crippen LogP contribution is -2.28. The van der Waals surface area contributed by atoms with Crippen LogP contribution in [0.25, 0.3) is 6.08 Å². The van der Waals surface area contributed by atoms with Gasteiger partial charge in [-0.15, -0.1) is 0 Å². The van der Waals surface area contributed by atoms with Crippen molar-refractivity contribution < 1.29 is 24.2 Å². The van der Waals surface area contributed by atoms with Crippen molar-refractivity contribution in [3.8, 4) is 11.5 Å². The summed E-state index contributed by atoms with van der Waals surface area (Å²) in [5, 5.41) is 10.4. The molecule has 1 fully saturated rings. The van der Waals surface area contributed by atoms with Crippen LogP contribution in [0.15, 0.2) is 107 Å². The van der Waals surface area contributed by atoms with Crippen molar-refractivity contribution in [2.24, 2.45) is 4.99 Å². The highest BCUT2D eigenvalue weighted by Crippen LogP contribution is 2.38. The predicted octanol–water partition coefficient (Wildman–Crippen LogP) is 7.43. The number of aromatic carboxylic acids is 1. The van der Waals surface area contributed by atoms with Crippen molar-refractivity contribution in [1.82, 2.24) is 0 Å². The highest BCUT2D eigenvalue weighted by atomic mass is 35.5. The van der Waals surface area contributed by atoms with Gasteiger partial charge < -0.3 is 14.6 Å². The lowest BCUT2D eigenvalue weighted by Gasteiger charge is -2.15. The number of ether oxygens (including phenoxy) is 2. The van der Waals surface area contributed by atoms with Crippen LogP contribution in [0.4, 0.5) is 11.4 Å². The van der Waals surface area contributed by atoms with Crippen molar-refractivity contribution in [1.29, 1.82) is 0 Å². The van der Waals surface area contributed by atoms with Crippen LogP contribution < -0.4 is 14.4 Å². The predicted molar refractivity (Wildman–Crippen MR) is 159 cm³/mol. The summed E-state index contributed by atoms with van der Waals surface area (Å²) in [5.74, 6) is -0.245. The number of carbonyl (C=O) groups is 2. The zero-order valence-corrected chi connectivity index (χ0v) is 22.9. The van der Waals surface area contributed by atoms with Gasteiger partial charge in [0.2, 0.25) is 0 Å². The molecule has 9 heteroatoms. The number of carboxylic acids is 1. The molecule has 40 heavy (non-hydrogen) atoms. The van der Waals surface area contributed by atoms with E-state index in [-0.39, 0.29) is 18.1 Å². The molecule has 0 spiro atoms. The van der Waals surface area contributed by atoms with E-state index in [1.807, 2.05) is 60.7 Å². The van der Waals surface area contributed by atoms with Crippen LogP contribution in [0.1, 0.15) is 21.5 Å². The standard InChI is InChI=1S/C31H23ClN2O5S/c1-38-27-16-20(14-15-26(27)39-19-22-8-5-6-13-25(22)32)17-28-29(35)34(24-11-3-2-4-12-24)31(40-28)33-23-10-7-9-21(18-23)30(36)37/h2-18H,19H2,1H3,(H,36,37)/b28-17-,33-31?. The van der Waals surface area contributed by atoms with E-state index in [1.54, 1.807) is 37.5 Å². The highest BCUT2D eigenvalue weighted by Gasteiger charge is 2.34. The number of carbonyl (C=O) groups excluding carboxylic acids is 1. The van der Waals surface area contributed by atoms with Crippen LogP contribution >= 0.6 is 23.4 Å². The first-order valence-electron chi connectivity index (χ1n) is 12.2. The van der Waals surface area contributed by atoms with Gasteiger partial charge in [-0.1, -0.05) is 60.1 Å². The molecule has 7 nitrogen and oxygen atoms in total. The average molecular weight is 571 g/mol. The maximum Gasteiger partial charge on any atom is 0.335 e. The molecular formula is C31H23ClN2O5S. The minimum absolute atomic E-state index is 0.113.